The first-order valence-electron chi connectivity index (χ1n) is 5.80. The Kier molecular flexibility index (Phi) is 3.94. The fraction of sp³-hybridized carbons (Fsp3) is 0.133. The molecule has 2 rings (SSSR count). The molecule has 0 aromatic heterocycles. The van der Waals surface area contributed by atoms with E-state index < -0.39 is 8.80 Å². The number of ether oxygens (including phenoxy) is 1. The molecule has 0 bridgehead atoms. The summed E-state index contributed by atoms with van der Waals surface area (Å²) in [7, 11) is 0.391. The predicted octanol–water partition coefficient (Wildman–Crippen LogP) is 2.45. The minimum Gasteiger partial charge on any atom is -0.497 e. The Morgan fingerprint density at radius 3 is 2.44 bits per heavy atom. The third-order valence-corrected chi connectivity index (χ3v) is 5.03. The van der Waals surface area contributed by atoms with E-state index in [1.165, 1.54) is 0 Å². The number of methoxy groups -OCH3 is 1. The molecule has 0 heterocycles. The Labute approximate surface area is 109 Å². The topological polar surface area (TPSA) is 26.3 Å². The normalized spacial score (nSPS) is 10.4. The molecule has 0 amide bonds. The summed E-state index contributed by atoms with van der Waals surface area (Å²) in [5, 5.41) is 1.31. The van der Waals surface area contributed by atoms with Crippen LogP contribution >= 0.6 is 0 Å². The summed E-state index contributed by atoms with van der Waals surface area (Å²) in [6.07, 6.45) is 0. The number of carbonyl (C=O) groups excluding carboxylic acids is 1. The molecule has 0 atom stereocenters. The van der Waals surface area contributed by atoms with Gasteiger partial charge in [0.1, 0.15) is 11.2 Å². The van der Waals surface area contributed by atoms with E-state index >= 15 is 0 Å². The molecule has 0 unspecified atom stereocenters. The van der Waals surface area contributed by atoms with Crippen LogP contribution < -0.4 is 9.92 Å². The summed E-state index contributed by atoms with van der Waals surface area (Å²) in [5.41, 5.74) is 0.789. The van der Waals surface area contributed by atoms with Gasteiger partial charge in [0.25, 0.3) is 0 Å². The average Bonchev–Trinajstić information content (AvgIpc) is 2.46. The second-order valence-electron chi connectivity index (χ2n) is 4.05. The maximum atomic E-state index is 12.3. The molecular weight excluding hydrogens is 240 g/mol. The lowest BCUT2D eigenvalue weighted by Crippen LogP contribution is -2.35. The van der Waals surface area contributed by atoms with Crippen molar-refractivity contribution in [3.05, 3.63) is 60.2 Å². The third kappa shape index (κ3) is 2.68. The van der Waals surface area contributed by atoms with Gasteiger partial charge in [0.15, 0.2) is 8.80 Å². The maximum Gasteiger partial charge on any atom is 0.173 e. The first kappa shape index (κ1) is 12.6. The summed E-state index contributed by atoms with van der Waals surface area (Å²) < 4.78 is 5.20. The van der Waals surface area contributed by atoms with Gasteiger partial charge in [-0.1, -0.05) is 49.0 Å². The minimum atomic E-state index is -1.25. The van der Waals surface area contributed by atoms with Crippen LogP contribution in [0.3, 0.4) is 0 Å². The molecule has 1 radical (unpaired) electrons. The van der Waals surface area contributed by atoms with E-state index in [4.69, 9.17) is 4.74 Å². The first-order chi connectivity index (χ1) is 8.72. The van der Waals surface area contributed by atoms with Gasteiger partial charge in [-0.3, -0.25) is 4.79 Å². The van der Waals surface area contributed by atoms with Crippen LogP contribution in [0.4, 0.5) is 0 Å². The van der Waals surface area contributed by atoms with Gasteiger partial charge >= 0.3 is 0 Å². The van der Waals surface area contributed by atoms with Crippen LogP contribution in [0.1, 0.15) is 10.4 Å². The smallest absolute Gasteiger partial charge is 0.173 e. The number of rotatable bonds is 4. The van der Waals surface area contributed by atoms with Crippen molar-refractivity contribution < 1.29 is 9.53 Å². The van der Waals surface area contributed by atoms with E-state index in [1.807, 2.05) is 61.1 Å². The summed E-state index contributed by atoms with van der Waals surface area (Å²) in [5.74, 6) is 0.803. The van der Waals surface area contributed by atoms with Gasteiger partial charge in [0, 0.05) is 5.56 Å². The monoisotopic (exact) mass is 255 g/mol. The van der Waals surface area contributed by atoms with Gasteiger partial charge in [0.05, 0.1) is 7.11 Å². The fourth-order valence-electron chi connectivity index (χ4n) is 1.79. The van der Waals surface area contributed by atoms with Gasteiger partial charge in [-0.05, 0) is 17.3 Å². The summed E-state index contributed by atoms with van der Waals surface area (Å²) in [6, 6.07) is 17.2. The molecule has 0 saturated carbocycles. The second-order valence-corrected chi connectivity index (χ2v) is 6.33. The van der Waals surface area contributed by atoms with Crippen molar-refractivity contribution >= 4 is 19.4 Å². The van der Waals surface area contributed by atoms with Crippen LogP contribution in [-0.4, -0.2) is 21.3 Å². The molecule has 0 saturated heterocycles. The SMILES string of the molecule is COc1cccc([Si](C)C(=O)c2ccccc2)c1. The van der Waals surface area contributed by atoms with Crippen molar-refractivity contribution in [3.63, 3.8) is 0 Å². The first-order valence-corrected chi connectivity index (χ1v) is 7.80. The Morgan fingerprint density at radius 1 is 1.06 bits per heavy atom. The molecular formula is C15H15O2Si. The molecule has 2 aromatic rings. The third-order valence-electron chi connectivity index (χ3n) is 2.88. The van der Waals surface area contributed by atoms with Crippen molar-refractivity contribution in [2.45, 2.75) is 6.55 Å². The minimum absolute atomic E-state index is 0.230. The summed E-state index contributed by atoms with van der Waals surface area (Å²) in [6.45, 7) is 2.02. The van der Waals surface area contributed by atoms with Crippen LogP contribution in [0.15, 0.2) is 54.6 Å². The van der Waals surface area contributed by atoms with Crippen LogP contribution in [0.2, 0.25) is 6.55 Å². The summed E-state index contributed by atoms with van der Waals surface area (Å²) >= 11 is 0. The summed E-state index contributed by atoms with van der Waals surface area (Å²) in [4.78, 5) is 12.3. The molecule has 0 fully saturated rings. The van der Waals surface area contributed by atoms with Crippen LogP contribution in [0.5, 0.6) is 5.75 Å². The van der Waals surface area contributed by atoms with E-state index in [0.29, 0.717) is 0 Å². The Hall–Kier alpha value is -1.87. The molecule has 0 aliphatic heterocycles. The lowest BCUT2D eigenvalue weighted by Gasteiger charge is -2.10. The van der Waals surface area contributed by atoms with Gasteiger partial charge < -0.3 is 4.74 Å². The van der Waals surface area contributed by atoms with Gasteiger partial charge in [-0.15, -0.1) is 0 Å². The molecule has 91 valence electrons. The highest BCUT2D eigenvalue weighted by molar-refractivity contribution is 7.00. The number of benzene rings is 2. The molecule has 3 heteroatoms. The zero-order valence-corrected chi connectivity index (χ0v) is 11.5. The largest absolute Gasteiger partial charge is 0.497 e. The highest BCUT2D eigenvalue weighted by Gasteiger charge is 2.19. The van der Waals surface area contributed by atoms with Crippen molar-refractivity contribution in [3.8, 4) is 5.75 Å². The molecule has 2 nitrogen and oxygen atoms in total. The fourth-order valence-corrected chi connectivity index (χ4v) is 3.36. The second kappa shape index (κ2) is 5.64. The standard InChI is InChI=1S/C15H15O2Si/c1-17-13-9-6-10-14(11-13)18(2)15(16)12-7-4-3-5-8-12/h3-11H,1-2H3. The van der Waals surface area contributed by atoms with Gasteiger partial charge in [0.2, 0.25) is 0 Å². The lowest BCUT2D eigenvalue weighted by molar-refractivity contribution is 0.107. The van der Waals surface area contributed by atoms with Crippen LogP contribution in [0.25, 0.3) is 0 Å². The quantitative estimate of drug-likeness (QED) is 0.784. The average molecular weight is 255 g/mol. The van der Waals surface area contributed by atoms with E-state index in [-0.39, 0.29) is 5.41 Å². The molecule has 0 spiro atoms. The van der Waals surface area contributed by atoms with Crippen molar-refractivity contribution in [2.24, 2.45) is 0 Å². The molecule has 0 aliphatic rings. The zero-order valence-electron chi connectivity index (χ0n) is 10.5. The molecule has 2 aromatic carbocycles. The number of hydrogen-bond donors (Lipinski definition) is 0. The van der Waals surface area contributed by atoms with Crippen molar-refractivity contribution in [1.29, 1.82) is 0 Å². The van der Waals surface area contributed by atoms with E-state index in [9.17, 15) is 4.79 Å². The number of hydrogen-bond acceptors (Lipinski definition) is 2. The zero-order chi connectivity index (χ0) is 13.0. The molecule has 18 heavy (non-hydrogen) atoms. The maximum absolute atomic E-state index is 12.3. The van der Waals surface area contributed by atoms with Gasteiger partial charge in [-0.2, -0.15) is 0 Å². The van der Waals surface area contributed by atoms with Gasteiger partial charge in [-0.25, -0.2) is 0 Å². The van der Waals surface area contributed by atoms with E-state index in [2.05, 4.69) is 0 Å². The molecule has 0 N–H and O–H groups in total. The van der Waals surface area contributed by atoms with Crippen LogP contribution in [-0.2, 0) is 0 Å². The Balaban J connectivity index is 2.25. The Bertz CT molecular complexity index is 537. The lowest BCUT2D eigenvalue weighted by atomic mass is 10.2. The van der Waals surface area contributed by atoms with E-state index in [0.717, 1.165) is 16.5 Å². The highest BCUT2D eigenvalue weighted by atomic mass is 28.3. The van der Waals surface area contributed by atoms with Crippen molar-refractivity contribution in [2.75, 3.05) is 7.11 Å². The van der Waals surface area contributed by atoms with Crippen molar-refractivity contribution in [1.82, 2.24) is 0 Å². The number of carbonyl (C=O) groups is 1. The Morgan fingerprint density at radius 2 is 1.78 bits per heavy atom. The molecule has 0 aliphatic carbocycles. The van der Waals surface area contributed by atoms with Crippen LogP contribution in [0, 0.1) is 0 Å². The predicted molar refractivity (Wildman–Crippen MR) is 75.0 cm³/mol. The van der Waals surface area contributed by atoms with E-state index in [1.54, 1.807) is 7.11 Å². The highest BCUT2D eigenvalue weighted by Crippen LogP contribution is 2.09.